The Morgan fingerprint density at radius 2 is 2.60 bits per heavy atom. The van der Waals surface area contributed by atoms with E-state index in [9.17, 15) is 5.11 Å². The quantitative estimate of drug-likeness (QED) is 0.483. The second kappa shape index (κ2) is 2.30. The lowest BCUT2D eigenvalue weighted by atomic mass is 10.2. The summed E-state index contributed by atoms with van der Waals surface area (Å²) in [5, 5.41) is 9.34. The summed E-state index contributed by atoms with van der Waals surface area (Å²) in [4.78, 5) is 4.09. The molecule has 0 aromatic carbocycles. The van der Waals surface area contributed by atoms with Crippen LogP contribution >= 0.6 is 11.9 Å². The van der Waals surface area contributed by atoms with Crippen LogP contribution in [0, 0.1) is 0 Å². The molecular weight excluding hydrogens is 148 g/mol. The number of aromatic nitrogens is 1. The van der Waals surface area contributed by atoms with Crippen LogP contribution in [0.3, 0.4) is 0 Å². The van der Waals surface area contributed by atoms with Gasteiger partial charge in [0.1, 0.15) is 6.10 Å². The van der Waals surface area contributed by atoms with Crippen LogP contribution < -0.4 is 4.72 Å². The van der Waals surface area contributed by atoms with E-state index in [1.807, 2.05) is 12.3 Å². The Morgan fingerprint density at radius 1 is 1.70 bits per heavy atom. The molecule has 2 rings (SSSR count). The van der Waals surface area contributed by atoms with Crippen LogP contribution in [-0.2, 0) is 0 Å². The first-order valence-corrected chi connectivity index (χ1v) is 3.94. The number of hydrogen-bond donors (Lipinski definition) is 3. The first-order valence-electron chi connectivity index (χ1n) is 3.13. The number of rotatable bonds is 0. The zero-order chi connectivity index (χ0) is 6.97. The molecule has 0 bridgehead atoms. The Hall–Kier alpha value is -0.450. The zero-order valence-corrected chi connectivity index (χ0v) is 6.11. The monoisotopic (exact) mass is 156 g/mol. The summed E-state index contributed by atoms with van der Waals surface area (Å²) in [6, 6.07) is 1.95. The van der Waals surface area contributed by atoms with Gasteiger partial charge in [0, 0.05) is 17.6 Å². The topological polar surface area (TPSA) is 48.0 Å². The van der Waals surface area contributed by atoms with E-state index < -0.39 is 0 Å². The van der Waals surface area contributed by atoms with Crippen molar-refractivity contribution in [3.05, 3.63) is 18.0 Å². The van der Waals surface area contributed by atoms with E-state index in [1.165, 1.54) is 0 Å². The van der Waals surface area contributed by atoms with Crippen LogP contribution in [-0.4, -0.2) is 16.6 Å². The molecule has 0 radical (unpaired) electrons. The SMILES string of the molecule is OC1CNSc2cc[nH]c21. The van der Waals surface area contributed by atoms with E-state index in [2.05, 4.69) is 9.71 Å². The molecule has 4 heteroatoms. The number of aromatic amines is 1. The third kappa shape index (κ3) is 0.847. The number of H-pyrrole nitrogens is 1. The Bertz CT molecular complexity index is 235. The number of β-amino-alcohol motifs (C(OH)–C–C–N with tert-alkyl or cyclic N) is 1. The lowest BCUT2D eigenvalue weighted by molar-refractivity contribution is 0.173. The van der Waals surface area contributed by atoms with E-state index in [0.717, 1.165) is 10.6 Å². The summed E-state index contributed by atoms with van der Waals surface area (Å²) in [6.07, 6.45) is 1.47. The van der Waals surface area contributed by atoms with Crippen molar-refractivity contribution in [2.45, 2.75) is 11.0 Å². The average molecular weight is 156 g/mol. The van der Waals surface area contributed by atoms with Gasteiger partial charge in [-0.05, 0) is 18.0 Å². The molecule has 0 amide bonds. The molecule has 0 spiro atoms. The van der Waals surface area contributed by atoms with Gasteiger partial charge in [-0.15, -0.1) is 0 Å². The fraction of sp³-hybridized carbons (Fsp3) is 0.333. The van der Waals surface area contributed by atoms with Crippen LogP contribution in [0.15, 0.2) is 17.2 Å². The largest absolute Gasteiger partial charge is 0.385 e. The lowest BCUT2D eigenvalue weighted by Gasteiger charge is -2.17. The summed E-state index contributed by atoms with van der Waals surface area (Å²) >= 11 is 1.56. The van der Waals surface area contributed by atoms with Gasteiger partial charge in [0.15, 0.2) is 0 Å². The highest BCUT2D eigenvalue weighted by Gasteiger charge is 2.18. The normalized spacial score (nSPS) is 24.3. The molecule has 0 saturated heterocycles. The molecule has 2 heterocycles. The molecule has 1 aromatic heterocycles. The van der Waals surface area contributed by atoms with E-state index in [4.69, 9.17) is 0 Å². The molecule has 1 unspecified atom stereocenters. The first-order chi connectivity index (χ1) is 4.88. The van der Waals surface area contributed by atoms with Crippen LogP contribution in [0.2, 0.25) is 0 Å². The summed E-state index contributed by atoms with van der Waals surface area (Å²) in [5.74, 6) is 0. The van der Waals surface area contributed by atoms with Gasteiger partial charge in [0.25, 0.3) is 0 Å². The van der Waals surface area contributed by atoms with Crippen molar-refractivity contribution in [3.8, 4) is 0 Å². The maximum Gasteiger partial charge on any atom is 0.108 e. The Morgan fingerprint density at radius 3 is 3.40 bits per heavy atom. The van der Waals surface area contributed by atoms with Crippen LogP contribution in [0.1, 0.15) is 11.8 Å². The number of hydrogen-bond acceptors (Lipinski definition) is 3. The van der Waals surface area contributed by atoms with Gasteiger partial charge < -0.3 is 10.1 Å². The fourth-order valence-corrected chi connectivity index (χ4v) is 1.86. The summed E-state index contributed by atoms with van der Waals surface area (Å²) in [5.41, 5.74) is 0.934. The first kappa shape index (κ1) is 6.27. The molecular formula is C6H8N2OS. The summed E-state index contributed by atoms with van der Waals surface area (Å²) in [7, 11) is 0. The second-order valence-corrected chi connectivity index (χ2v) is 3.15. The molecule has 0 fully saturated rings. The van der Waals surface area contributed by atoms with E-state index >= 15 is 0 Å². The maximum absolute atomic E-state index is 9.34. The standard InChI is InChI=1S/C6H8N2OS/c9-4-3-8-10-5-1-2-7-6(4)5/h1-2,4,7-9H,3H2. The van der Waals surface area contributed by atoms with Crippen molar-refractivity contribution in [2.24, 2.45) is 0 Å². The zero-order valence-electron chi connectivity index (χ0n) is 5.29. The molecule has 3 nitrogen and oxygen atoms in total. The molecule has 0 saturated carbocycles. The van der Waals surface area contributed by atoms with Gasteiger partial charge in [-0.2, -0.15) is 0 Å². The predicted molar refractivity (Wildman–Crippen MR) is 39.6 cm³/mol. The fourth-order valence-electron chi connectivity index (χ4n) is 1.02. The van der Waals surface area contributed by atoms with E-state index in [0.29, 0.717) is 6.54 Å². The van der Waals surface area contributed by atoms with Gasteiger partial charge in [-0.25, -0.2) is 0 Å². The molecule has 1 aliphatic rings. The van der Waals surface area contributed by atoms with Crippen LogP contribution in [0.5, 0.6) is 0 Å². The molecule has 3 N–H and O–H groups in total. The Kier molecular flexibility index (Phi) is 1.44. The highest BCUT2D eigenvalue weighted by atomic mass is 32.2. The number of fused-ring (bicyclic) bond motifs is 1. The maximum atomic E-state index is 9.34. The van der Waals surface area contributed by atoms with Crippen LogP contribution in [0.25, 0.3) is 0 Å². The Labute approximate surface area is 63.0 Å². The lowest BCUT2D eigenvalue weighted by Crippen LogP contribution is -2.20. The van der Waals surface area contributed by atoms with Crippen molar-refractivity contribution >= 4 is 11.9 Å². The van der Waals surface area contributed by atoms with Crippen LogP contribution in [0.4, 0.5) is 0 Å². The molecule has 54 valence electrons. The van der Waals surface area contributed by atoms with Crippen molar-refractivity contribution in [2.75, 3.05) is 6.54 Å². The van der Waals surface area contributed by atoms with Gasteiger partial charge in [0.2, 0.25) is 0 Å². The molecule has 0 aliphatic carbocycles. The second-order valence-electron chi connectivity index (χ2n) is 2.22. The van der Waals surface area contributed by atoms with E-state index in [1.54, 1.807) is 11.9 Å². The minimum Gasteiger partial charge on any atom is -0.385 e. The van der Waals surface area contributed by atoms with Gasteiger partial charge in [-0.3, -0.25) is 4.72 Å². The van der Waals surface area contributed by atoms with Gasteiger partial charge in [0.05, 0.1) is 5.69 Å². The third-order valence-corrected chi connectivity index (χ3v) is 2.42. The highest BCUT2D eigenvalue weighted by molar-refractivity contribution is 7.97. The number of nitrogens with one attached hydrogen (secondary N) is 2. The van der Waals surface area contributed by atoms with Gasteiger partial charge in [-0.1, -0.05) is 0 Å². The Balaban J connectivity index is 2.41. The van der Waals surface area contributed by atoms with Crippen molar-refractivity contribution < 1.29 is 5.11 Å². The minimum atomic E-state index is -0.369. The minimum absolute atomic E-state index is 0.369. The third-order valence-electron chi connectivity index (χ3n) is 1.53. The van der Waals surface area contributed by atoms with Crippen molar-refractivity contribution in [3.63, 3.8) is 0 Å². The smallest absolute Gasteiger partial charge is 0.108 e. The van der Waals surface area contributed by atoms with Crippen molar-refractivity contribution in [1.29, 1.82) is 0 Å². The molecule has 1 aromatic rings. The predicted octanol–water partition coefficient (Wildman–Crippen LogP) is 0.658. The van der Waals surface area contributed by atoms with Crippen molar-refractivity contribution in [1.82, 2.24) is 9.71 Å². The molecule has 1 aliphatic heterocycles. The summed E-state index contributed by atoms with van der Waals surface area (Å²) < 4.78 is 3.02. The molecule has 1 atom stereocenters. The number of aliphatic hydroxyl groups excluding tert-OH is 1. The summed E-state index contributed by atoms with van der Waals surface area (Å²) in [6.45, 7) is 0.623. The average Bonchev–Trinajstić information content (AvgIpc) is 2.36. The van der Waals surface area contributed by atoms with E-state index in [-0.39, 0.29) is 6.10 Å². The van der Waals surface area contributed by atoms with Gasteiger partial charge >= 0.3 is 0 Å². The molecule has 10 heavy (non-hydrogen) atoms. The highest BCUT2D eigenvalue weighted by Crippen LogP contribution is 2.28. The number of aliphatic hydroxyl groups is 1.